The molecule has 0 spiro atoms. The predicted octanol–water partition coefficient (Wildman–Crippen LogP) is 14.1. The third kappa shape index (κ3) is 6.10. The van der Waals surface area contributed by atoms with Crippen LogP contribution in [0.15, 0.2) is 118 Å². The van der Waals surface area contributed by atoms with Crippen LogP contribution in [0, 0.1) is 27.7 Å². The summed E-state index contributed by atoms with van der Waals surface area (Å²) in [6, 6.07) is 40.7. The molecule has 2 aliphatic heterocycles. The lowest BCUT2D eigenvalue weighted by Gasteiger charge is -2.44. The highest BCUT2D eigenvalue weighted by Gasteiger charge is 2.47. The van der Waals surface area contributed by atoms with Crippen LogP contribution >= 0.6 is 0 Å². The maximum absolute atomic E-state index is 7.29. The van der Waals surface area contributed by atoms with Crippen LogP contribution in [0.25, 0.3) is 33.3 Å². The summed E-state index contributed by atoms with van der Waals surface area (Å²) in [7, 11) is 0. The first-order valence-electron chi connectivity index (χ1n) is 22.0. The summed E-state index contributed by atoms with van der Waals surface area (Å²) in [5.41, 5.74) is 22.3. The van der Waals surface area contributed by atoms with Gasteiger partial charge >= 0.3 is 0 Å². The van der Waals surface area contributed by atoms with Crippen molar-refractivity contribution in [3.05, 3.63) is 148 Å². The first kappa shape index (κ1) is 39.2. The van der Waals surface area contributed by atoms with Crippen LogP contribution in [0.3, 0.4) is 0 Å². The topological polar surface area (TPSA) is 32.8 Å². The SMILES string of the molecule is Cc1cc(C(C)(C)C)cc(C)c1N1c2cc(-c3cc4ccccc4o3)ccc2B2c3oc4ccc(C(C)(C)C)cc4c3N(c3c(C)cc(C(C)(C)C)cc3C)c3cccc1c32. The van der Waals surface area contributed by atoms with Crippen molar-refractivity contribution in [2.45, 2.75) is 106 Å². The van der Waals surface area contributed by atoms with E-state index in [0.29, 0.717) is 0 Å². The average Bonchev–Trinajstić information content (AvgIpc) is 3.79. The number of rotatable bonds is 3. The van der Waals surface area contributed by atoms with Gasteiger partial charge in [-0.3, -0.25) is 0 Å². The number of aryl methyl sites for hydroxylation is 4. The monoisotopic (exact) mass is 800 g/mol. The second-order valence-corrected chi connectivity index (χ2v) is 20.9. The van der Waals surface area contributed by atoms with Crippen LogP contribution in [0.2, 0.25) is 0 Å². The number of hydrogen-bond acceptors (Lipinski definition) is 4. The molecule has 0 saturated carbocycles. The number of furan rings is 2. The van der Waals surface area contributed by atoms with Crippen molar-refractivity contribution in [2.75, 3.05) is 9.80 Å². The first-order chi connectivity index (χ1) is 28.8. The maximum atomic E-state index is 7.29. The third-order valence-electron chi connectivity index (χ3n) is 13.3. The molecule has 5 heteroatoms. The largest absolute Gasteiger partial charge is 0.468 e. The van der Waals surface area contributed by atoms with E-state index >= 15 is 0 Å². The van der Waals surface area contributed by atoms with E-state index in [0.717, 1.165) is 50.3 Å². The minimum atomic E-state index is -0.150. The fourth-order valence-corrected chi connectivity index (χ4v) is 10.1. The molecule has 0 N–H and O–H groups in total. The second-order valence-electron chi connectivity index (χ2n) is 20.9. The molecule has 10 rings (SSSR count). The highest BCUT2D eigenvalue weighted by molar-refractivity contribution is 7.00. The number of hydrogen-bond donors (Lipinski definition) is 0. The van der Waals surface area contributed by atoms with Gasteiger partial charge in [0.2, 0.25) is 0 Å². The average molecular weight is 801 g/mol. The van der Waals surface area contributed by atoms with Crippen molar-refractivity contribution in [2.24, 2.45) is 0 Å². The zero-order chi connectivity index (χ0) is 43.1. The lowest BCUT2D eigenvalue weighted by atomic mass is 9.35. The van der Waals surface area contributed by atoms with E-state index in [9.17, 15) is 0 Å². The van der Waals surface area contributed by atoms with Crippen molar-refractivity contribution >= 4 is 79.4 Å². The number of anilines is 6. The summed E-state index contributed by atoms with van der Waals surface area (Å²) in [6.07, 6.45) is 0. The number of para-hydroxylation sites is 1. The molecule has 0 unspecified atom stereocenters. The van der Waals surface area contributed by atoms with Gasteiger partial charge in [0.25, 0.3) is 6.71 Å². The molecule has 8 aromatic rings. The van der Waals surface area contributed by atoms with E-state index in [2.05, 4.69) is 197 Å². The van der Waals surface area contributed by atoms with Gasteiger partial charge in [0, 0.05) is 33.4 Å². The van der Waals surface area contributed by atoms with Gasteiger partial charge in [-0.25, -0.2) is 0 Å². The summed E-state index contributed by atoms with van der Waals surface area (Å²) < 4.78 is 13.8. The molecular weight excluding hydrogens is 743 g/mol. The summed E-state index contributed by atoms with van der Waals surface area (Å²) in [5.74, 6) is 0.860. The fourth-order valence-electron chi connectivity index (χ4n) is 10.1. The minimum Gasteiger partial charge on any atom is -0.468 e. The second kappa shape index (κ2) is 13.3. The quantitative estimate of drug-likeness (QED) is 0.167. The van der Waals surface area contributed by atoms with E-state index in [4.69, 9.17) is 8.83 Å². The summed E-state index contributed by atoms with van der Waals surface area (Å²) in [6.45, 7) is 29.7. The summed E-state index contributed by atoms with van der Waals surface area (Å²) in [4.78, 5) is 5.09. The summed E-state index contributed by atoms with van der Waals surface area (Å²) >= 11 is 0. The van der Waals surface area contributed by atoms with Crippen LogP contribution in [-0.4, -0.2) is 6.71 Å². The van der Waals surface area contributed by atoms with Gasteiger partial charge in [-0.15, -0.1) is 0 Å². The van der Waals surface area contributed by atoms with Crippen LogP contribution in [0.5, 0.6) is 0 Å². The Morgan fingerprint density at radius 1 is 0.459 bits per heavy atom. The predicted molar refractivity (Wildman–Crippen MR) is 260 cm³/mol. The molecule has 306 valence electrons. The molecule has 0 fully saturated rings. The number of nitrogens with zero attached hydrogens (tertiary/aromatic N) is 2. The van der Waals surface area contributed by atoms with Gasteiger partial charge in [0.05, 0.1) is 22.7 Å². The van der Waals surface area contributed by atoms with Crippen molar-refractivity contribution in [1.29, 1.82) is 0 Å². The van der Waals surface area contributed by atoms with E-state index in [1.165, 1.54) is 72.6 Å². The van der Waals surface area contributed by atoms with Gasteiger partial charge in [-0.05, 0) is 136 Å². The molecule has 2 aliphatic rings. The van der Waals surface area contributed by atoms with E-state index in [1.807, 2.05) is 12.1 Å². The van der Waals surface area contributed by atoms with Gasteiger partial charge < -0.3 is 18.6 Å². The highest BCUT2D eigenvalue weighted by Crippen LogP contribution is 2.50. The van der Waals surface area contributed by atoms with Gasteiger partial charge in [-0.2, -0.15) is 0 Å². The van der Waals surface area contributed by atoms with E-state index in [1.54, 1.807) is 0 Å². The van der Waals surface area contributed by atoms with Crippen molar-refractivity contribution in [1.82, 2.24) is 0 Å². The Hall–Kier alpha value is -5.94. The fraction of sp³-hybridized carbons (Fsp3) is 0.286. The Kier molecular flexibility index (Phi) is 8.54. The molecular formula is C56H57BN2O2. The lowest BCUT2D eigenvalue weighted by Crippen LogP contribution is -2.61. The van der Waals surface area contributed by atoms with E-state index in [-0.39, 0.29) is 23.0 Å². The third-order valence-corrected chi connectivity index (χ3v) is 13.3. The molecule has 61 heavy (non-hydrogen) atoms. The molecule has 4 nitrogen and oxygen atoms in total. The van der Waals surface area contributed by atoms with Gasteiger partial charge in [0.15, 0.2) is 0 Å². The van der Waals surface area contributed by atoms with Crippen LogP contribution in [0.4, 0.5) is 34.1 Å². The van der Waals surface area contributed by atoms with Crippen molar-refractivity contribution < 1.29 is 8.83 Å². The molecule has 4 heterocycles. The van der Waals surface area contributed by atoms with E-state index < -0.39 is 0 Å². The Bertz CT molecular complexity index is 3020. The smallest absolute Gasteiger partial charge is 0.297 e. The Labute approximate surface area is 362 Å². The Morgan fingerprint density at radius 2 is 1.03 bits per heavy atom. The molecule has 0 bridgehead atoms. The zero-order valence-corrected chi connectivity index (χ0v) is 38.2. The van der Waals surface area contributed by atoms with Crippen molar-refractivity contribution in [3.8, 4) is 11.3 Å². The number of benzene rings is 6. The molecule has 0 radical (unpaired) electrons. The molecule has 0 amide bonds. The number of fused-ring (bicyclic) bond motifs is 7. The maximum Gasteiger partial charge on any atom is 0.297 e. The minimum absolute atomic E-state index is 0.0165. The molecule has 0 aliphatic carbocycles. The molecule has 2 aromatic heterocycles. The highest BCUT2D eigenvalue weighted by atomic mass is 16.3. The first-order valence-corrected chi connectivity index (χ1v) is 22.0. The van der Waals surface area contributed by atoms with Crippen molar-refractivity contribution in [3.63, 3.8) is 0 Å². The molecule has 0 atom stereocenters. The van der Waals surface area contributed by atoms with Crippen LogP contribution in [0.1, 0.15) is 101 Å². The lowest BCUT2D eigenvalue weighted by molar-refractivity contribution is 0.589. The zero-order valence-electron chi connectivity index (χ0n) is 38.2. The normalized spacial score (nSPS) is 13.9. The van der Waals surface area contributed by atoms with Crippen LogP contribution in [-0.2, 0) is 16.2 Å². The molecule has 0 saturated heterocycles. The Morgan fingerprint density at radius 3 is 1.62 bits per heavy atom. The van der Waals surface area contributed by atoms with Gasteiger partial charge in [-0.1, -0.05) is 129 Å². The standard InChI is InChI=1S/C56H57BN2O2/c1-32-25-39(55(8,9)10)26-33(2)50(32)58-43-18-16-19-44-49(43)57(42-23-21-37(29-45(42)58)48-30-36-17-14-15-20-46(36)60-48)53-52(41-31-38(54(5,6)7)22-24-47(41)61-53)59(44)51-34(3)27-40(28-35(51)4)56(11,12)13/h14-31H,1-13H3. The van der Waals surface area contributed by atoms with Gasteiger partial charge in [0.1, 0.15) is 16.9 Å². The molecule has 6 aromatic carbocycles. The summed E-state index contributed by atoms with van der Waals surface area (Å²) in [5, 5.41) is 2.24. The Balaban J connectivity index is 1.31. The van der Waals surface area contributed by atoms with Crippen LogP contribution < -0.4 is 26.4 Å².